The van der Waals surface area contributed by atoms with Crippen LogP contribution < -0.4 is 11.1 Å². The number of hydrogen-bond donors (Lipinski definition) is 2. The minimum atomic E-state index is -0.809. The maximum Gasteiger partial charge on any atom is 0.341 e. The summed E-state index contributed by atoms with van der Waals surface area (Å²) in [5, 5.41) is 2.62. The van der Waals surface area contributed by atoms with Crippen molar-refractivity contribution in [2.24, 2.45) is 5.73 Å². The number of anilines is 1. The van der Waals surface area contributed by atoms with E-state index in [9.17, 15) is 14.0 Å². The molecule has 29 heavy (non-hydrogen) atoms. The molecule has 0 aliphatic heterocycles. The molecule has 1 amide bonds. The van der Waals surface area contributed by atoms with Gasteiger partial charge in [-0.3, -0.25) is 4.79 Å². The first-order chi connectivity index (χ1) is 14.0. The van der Waals surface area contributed by atoms with Crippen LogP contribution in [-0.4, -0.2) is 17.9 Å². The van der Waals surface area contributed by atoms with Gasteiger partial charge in [0.1, 0.15) is 12.4 Å². The molecule has 3 aromatic rings. The predicted octanol–water partition coefficient (Wildman–Crippen LogP) is 3.69. The zero-order valence-corrected chi connectivity index (χ0v) is 15.7. The van der Waals surface area contributed by atoms with E-state index in [4.69, 9.17) is 10.5 Å². The van der Waals surface area contributed by atoms with E-state index >= 15 is 0 Å². The summed E-state index contributed by atoms with van der Waals surface area (Å²) in [6.07, 6.45) is 0.361. The molecule has 3 rings (SSSR count). The highest BCUT2D eigenvalue weighted by Gasteiger charge is 2.18. The molecule has 0 heterocycles. The van der Waals surface area contributed by atoms with Crippen molar-refractivity contribution < 1.29 is 18.7 Å². The van der Waals surface area contributed by atoms with Gasteiger partial charge in [0.25, 0.3) is 0 Å². The number of amides is 1. The number of carbonyl (C=O) groups excluding carboxylic acids is 2. The number of halogens is 1. The number of nitrogens with one attached hydrogen (secondary N) is 1. The first-order valence-corrected chi connectivity index (χ1v) is 9.14. The lowest BCUT2D eigenvalue weighted by molar-refractivity contribution is -0.117. The largest absolute Gasteiger partial charge is 0.457 e. The highest BCUT2D eigenvalue weighted by Crippen LogP contribution is 2.17. The molecule has 0 aliphatic rings. The van der Waals surface area contributed by atoms with Crippen molar-refractivity contribution >= 4 is 17.6 Å². The Morgan fingerprint density at radius 2 is 1.55 bits per heavy atom. The van der Waals surface area contributed by atoms with E-state index in [1.165, 1.54) is 12.1 Å². The van der Waals surface area contributed by atoms with Gasteiger partial charge in [-0.25, -0.2) is 9.18 Å². The molecule has 5 nitrogen and oxygen atoms in total. The maximum absolute atomic E-state index is 14.1. The van der Waals surface area contributed by atoms with Crippen LogP contribution >= 0.6 is 0 Å². The van der Waals surface area contributed by atoms with Crippen molar-refractivity contribution in [1.29, 1.82) is 0 Å². The Hall–Kier alpha value is -3.51. The molecule has 0 aliphatic carbocycles. The summed E-state index contributed by atoms with van der Waals surface area (Å²) in [4.78, 5) is 24.6. The Morgan fingerprint density at radius 3 is 2.21 bits per heavy atom. The lowest BCUT2D eigenvalue weighted by atomic mass is 10.1. The lowest BCUT2D eigenvalue weighted by Crippen LogP contribution is -2.37. The number of rotatable bonds is 7. The van der Waals surface area contributed by atoms with Gasteiger partial charge < -0.3 is 15.8 Å². The Balaban J connectivity index is 1.63. The topological polar surface area (TPSA) is 81.4 Å². The lowest BCUT2D eigenvalue weighted by Gasteiger charge is -2.13. The van der Waals surface area contributed by atoms with Crippen LogP contribution in [0.15, 0.2) is 78.9 Å². The first-order valence-electron chi connectivity index (χ1n) is 9.14. The molecule has 0 spiro atoms. The van der Waals surface area contributed by atoms with Crippen LogP contribution in [0.4, 0.5) is 10.1 Å². The third-order valence-corrected chi connectivity index (χ3v) is 4.30. The summed E-state index contributed by atoms with van der Waals surface area (Å²) >= 11 is 0. The molecule has 0 radical (unpaired) electrons. The fourth-order valence-corrected chi connectivity index (χ4v) is 2.76. The summed E-state index contributed by atoms with van der Waals surface area (Å²) < 4.78 is 19.3. The number of esters is 1. The molecule has 1 atom stereocenters. The summed E-state index contributed by atoms with van der Waals surface area (Å²) in [5.74, 6) is -1.96. The van der Waals surface area contributed by atoms with Crippen LogP contribution in [-0.2, 0) is 22.6 Å². The zero-order chi connectivity index (χ0) is 20.6. The van der Waals surface area contributed by atoms with Gasteiger partial charge >= 0.3 is 5.97 Å². The van der Waals surface area contributed by atoms with E-state index in [1.807, 2.05) is 48.5 Å². The van der Waals surface area contributed by atoms with Crippen LogP contribution in [0.1, 0.15) is 21.5 Å². The average Bonchev–Trinajstić information content (AvgIpc) is 2.74. The quantitative estimate of drug-likeness (QED) is 0.601. The number of nitrogens with two attached hydrogens (primary N) is 1. The van der Waals surface area contributed by atoms with Crippen LogP contribution in [0.2, 0.25) is 0 Å². The van der Waals surface area contributed by atoms with Gasteiger partial charge in [-0.15, -0.1) is 0 Å². The Labute approximate surface area is 168 Å². The van der Waals surface area contributed by atoms with E-state index in [-0.39, 0.29) is 17.9 Å². The van der Waals surface area contributed by atoms with Gasteiger partial charge in [-0.05, 0) is 35.7 Å². The monoisotopic (exact) mass is 392 g/mol. The molecule has 0 aromatic heterocycles. The van der Waals surface area contributed by atoms with Gasteiger partial charge in [0.15, 0.2) is 0 Å². The second-order valence-corrected chi connectivity index (χ2v) is 6.54. The van der Waals surface area contributed by atoms with Gasteiger partial charge in [-0.1, -0.05) is 60.7 Å². The van der Waals surface area contributed by atoms with Crippen LogP contribution in [0.3, 0.4) is 0 Å². The van der Waals surface area contributed by atoms with Crippen molar-refractivity contribution in [1.82, 2.24) is 0 Å². The normalized spacial score (nSPS) is 11.5. The third-order valence-electron chi connectivity index (χ3n) is 4.30. The van der Waals surface area contributed by atoms with E-state index < -0.39 is 23.7 Å². The van der Waals surface area contributed by atoms with E-state index in [2.05, 4.69) is 5.32 Å². The minimum Gasteiger partial charge on any atom is -0.457 e. The van der Waals surface area contributed by atoms with Crippen molar-refractivity contribution in [2.75, 3.05) is 5.32 Å². The number of carbonyl (C=O) groups is 2. The first kappa shape index (κ1) is 20.2. The van der Waals surface area contributed by atoms with Crippen molar-refractivity contribution in [3.05, 3.63) is 101 Å². The average molecular weight is 392 g/mol. The van der Waals surface area contributed by atoms with Gasteiger partial charge in [0.2, 0.25) is 5.91 Å². The Kier molecular flexibility index (Phi) is 6.71. The van der Waals surface area contributed by atoms with Gasteiger partial charge in [-0.2, -0.15) is 0 Å². The fraction of sp³-hybridized carbons (Fsp3) is 0.130. The highest BCUT2D eigenvalue weighted by molar-refractivity contribution is 5.97. The minimum absolute atomic E-state index is 0.0254. The summed E-state index contributed by atoms with van der Waals surface area (Å²) in [6.45, 7) is 0.0254. The third kappa shape index (κ3) is 5.73. The second-order valence-electron chi connectivity index (χ2n) is 6.54. The fourth-order valence-electron chi connectivity index (χ4n) is 2.76. The van der Waals surface area contributed by atoms with Crippen molar-refractivity contribution in [3.8, 4) is 0 Å². The molecule has 0 saturated carbocycles. The molecule has 0 saturated heterocycles. The molecule has 0 fully saturated rings. The number of hydrogen-bond acceptors (Lipinski definition) is 4. The summed E-state index contributed by atoms with van der Waals surface area (Å²) in [7, 11) is 0. The van der Waals surface area contributed by atoms with Crippen molar-refractivity contribution in [2.45, 2.75) is 19.1 Å². The second kappa shape index (κ2) is 9.61. The van der Waals surface area contributed by atoms with Gasteiger partial charge in [0.05, 0.1) is 11.6 Å². The SMILES string of the molecule is N[C@@H](Cc1ccccc1)C(=O)Nc1ccc(F)c(C(=O)OCc2ccccc2)c1. The summed E-state index contributed by atoms with van der Waals surface area (Å²) in [5.41, 5.74) is 7.69. The molecular formula is C23H21FN2O3. The highest BCUT2D eigenvalue weighted by atomic mass is 19.1. The summed E-state index contributed by atoms with van der Waals surface area (Å²) in [6, 6.07) is 21.4. The molecule has 3 aromatic carbocycles. The number of benzene rings is 3. The zero-order valence-electron chi connectivity index (χ0n) is 15.7. The van der Waals surface area contributed by atoms with Gasteiger partial charge in [0, 0.05) is 5.69 Å². The molecule has 3 N–H and O–H groups in total. The molecule has 0 bridgehead atoms. The van der Waals surface area contributed by atoms with E-state index in [1.54, 1.807) is 12.1 Å². The number of ether oxygens (including phenoxy) is 1. The van der Waals surface area contributed by atoms with E-state index in [0.717, 1.165) is 17.2 Å². The molecule has 148 valence electrons. The molecule has 6 heteroatoms. The van der Waals surface area contributed by atoms with Crippen LogP contribution in [0.25, 0.3) is 0 Å². The Morgan fingerprint density at radius 1 is 0.931 bits per heavy atom. The molecule has 0 unspecified atom stereocenters. The molecular weight excluding hydrogens is 371 g/mol. The van der Waals surface area contributed by atoms with Crippen molar-refractivity contribution in [3.63, 3.8) is 0 Å². The smallest absolute Gasteiger partial charge is 0.341 e. The standard InChI is InChI=1S/C23H21FN2O3/c24-20-12-11-18(26-22(27)21(25)13-16-7-3-1-4-8-16)14-19(20)23(28)29-15-17-9-5-2-6-10-17/h1-12,14,21H,13,15,25H2,(H,26,27)/t21-/m0/s1. The van der Waals surface area contributed by atoms with E-state index in [0.29, 0.717) is 6.42 Å². The predicted molar refractivity (Wildman–Crippen MR) is 109 cm³/mol. The van der Waals surface area contributed by atoms with Crippen LogP contribution in [0, 0.1) is 5.82 Å². The Bertz CT molecular complexity index is 978. The maximum atomic E-state index is 14.1. The van der Waals surface area contributed by atoms with Crippen LogP contribution in [0.5, 0.6) is 0 Å².